The fraction of sp³-hybridized carbons (Fsp3) is 0.364. The van der Waals surface area contributed by atoms with Crippen LogP contribution in [-0.4, -0.2) is 43.3 Å². The molecule has 2 aromatic carbocycles. The molecule has 5 nitrogen and oxygen atoms in total. The van der Waals surface area contributed by atoms with Crippen LogP contribution in [-0.2, 0) is 14.6 Å². The minimum atomic E-state index is -3.52. The molecule has 0 aliphatic carbocycles. The van der Waals surface area contributed by atoms with Crippen molar-refractivity contribution in [3.8, 4) is 0 Å². The third-order valence-electron chi connectivity index (χ3n) is 5.22. The van der Waals surface area contributed by atoms with Gasteiger partial charge in [-0.2, -0.15) is 0 Å². The topological polar surface area (TPSA) is 71.5 Å². The van der Waals surface area contributed by atoms with E-state index in [1.54, 1.807) is 23.1 Å². The normalized spacial score (nSPS) is 16.9. The standard InChI is InChI=1S/C22H25NO4S/c1-16-10-11-17(2)19(15-16)22(25)20-9-6-13-23(20)21(24)12-14-28(26,27)18-7-4-3-5-8-18/h3-5,7-8,10-11,15,20H,6,9,12-14H2,1-2H3. The van der Waals surface area contributed by atoms with Crippen molar-refractivity contribution in [2.75, 3.05) is 12.3 Å². The Morgan fingerprint density at radius 3 is 2.50 bits per heavy atom. The minimum absolute atomic E-state index is 0.0574. The summed E-state index contributed by atoms with van der Waals surface area (Å²) in [4.78, 5) is 27.6. The number of ketones is 1. The third-order valence-corrected chi connectivity index (χ3v) is 6.95. The molecular weight excluding hydrogens is 374 g/mol. The van der Waals surface area contributed by atoms with Crippen molar-refractivity contribution in [2.45, 2.75) is 44.0 Å². The van der Waals surface area contributed by atoms with Crippen molar-refractivity contribution in [1.82, 2.24) is 4.90 Å². The van der Waals surface area contributed by atoms with Crippen LogP contribution in [0.15, 0.2) is 53.4 Å². The summed E-state index contributed by atoms with van der Waals surface area (Å²) >= 11 is 0. The first-order valence-corrected chi connectivity index (χ1v) is 11.1. The van der Waals surface area contributed by atoms with Gasteiger partial charge in [0.2, 0.25) is 5.91 Å². The zero-order valence-electron chi connectivity index (χ0n) is 16.2. The van der Waals surface area contributed by atoms with E-state index in [9.17, 15) is 18.0 Å². The first-order valence-electron chi connectivity index (χ1n) is 9.48. The van der Waals surface area contributed by atoms with Crippen LogP contribution in [0.2, 0.25) is 0 Å². The van der Waals surface area contributed by atoms with Crippen LogP contribution in [0, 0.1) is 13.8 Å². The molecule has 1 saturated heterocycles. The lowest BCUT2D eigenvalue weighted by Gasteiger charge is -2.24. The van der Waals surface area contributed by atoms with E-state index in [0.717, 1.165) is 17.5 Å². The second-order valence-electron chi connectivity index (χ2n) is 7.31. The average molecular weight is 400 g/mol. The van der Waals surface area contributed by atoms with E-state index < -0.39 is 15.9 Å². The van der Waals surface area contributed by atoms with Crippen LogP contribution >= 0.6 is 0 Å². The Bertz CT molecular complexity index is 983. The number of Topliss-reactive ketones (excluding diaryl/α,β-unsaturated/α-hetero) is 1. The molecular formula is C22H25NO4S. The van der Waals surface area contributed by atoms with E-state index in [4.69, 9.17) is 0 Å². The van der Waals surface area contributed by atoms with E-state index in [1.807, 2.05) is 32.0 Å². The lowest BCUT2D eigenvalue weighted by atomic mass is 9.96. The fourth-order valence-corrected chi connectivity index (χ4v) is 4.88. The molecule has 6 heteroatoms. The molecule has 0 radical (unpaired) electrons. The van der Waals surface area contributed by atoms with Crippen LogP contribution in [0.5, 0.6) is 0 Å². The van der Waals surface area contributed by atoms with Crippen LogP contribution in [0.25, 0.3) is 0 Å². The monoisotopic (exact) mass is 399 g/mol. The summed E-state index contributed by atoms with van der Waals surface area (Å²) in [6, 6.07) is 13.4. The molecule has 0 saturated carbocycles. The van der Waals surface area contributed by atoms with Gasteiger partial charge >= 0.3 is 0 Å². The Labute approximate surface area is 166 Å². The van der Waals surface area contributed by atoms with Gasteiger partial charge in [0.15, 0.2) is 15.6 Å². The molecule has 28 heavy (non-hydrogen) atoms. The number of aryl methyl sites for hydroxylation is 2. The van der Waals surface area contributed by atoms with Gasteiger partial charge in [0, 0.05) is 18.5 Å². The zero-order valence-corrected chi connectivity index (χ0v) is 17.0. The van der Waals surface area contributed by atoms with Gasteiger partial charge < -0.3 is 4.90 Å². The van der Waals surface area contributed by atoms with Crippen LogP contribution < -0.4 is 0 Å². The van der Waals surface area contributed by atoms with Crippen LogP contribution in [0.1, 0.15) is 40.7 Å². The summed E-state index contributed by atoms with van der Waals surface area (Å²) in [6.07, 6.45) is 1.25. The molecule has 1 aliphatic rings. The van der Waals surface area contributed by atoms with Gasteiger partial charge in [-0.05, 0) is 50.5 Å². The third kappa shape index (κ3) is 4.33. The number of hydrogen-bond acceptors (Lipinski definition) is 4. The molecule has 3 rings (SSSR count). The predicted octanol–water partition coefficient (Wildman–Crippen LogP) is 3.34. The first-order chi connectivity index (χ1) is 13.3. The number of rotatable bonds is 6. The van der Waals surface area contributed by atoms with E-state index in [2.05, 4.69) is 0 Å². The summed E-state index contributed by atoms with van der Waals surface area (Å²) in [6.45, 7) is 4.31. The Morgan fingerprint density at radius 2 is 1.79 bits per heavy atom. The molecule has 148 valence electrons. The van der Waals surface area contributed by atoms with Gasteiger partial charge in [0.25, 0.3) is 0 Å². The Hall–Kier alpha value is -2.47. The number of nitrogens with zero attached hydrogens (tertiary/aromatic N) is 1. The number of amides is 1. The van der Waals surface area contributed by atoms with E-state index in [0.29, 0.717) is 18.5 Å². The number of benzene rings is 2. The van der Waals surface area contributed by atoms with Gasteiger partial charge in [-0.15, -0.1) is 0 Å². The van der Waals surface area contributed by atoms with Gasteiger partial charge in [0.1, 0.15) is 0 Å². The van der Waals surface area contributed by atoms with Crippen molar-refractivity contribution in [3.05, 3.63) is 65.2 Å². The highest BCUT2D eigenvalue weighted by Crippen LogP contribution is 2.24. The molecule has 1 amide bonds. The van der Waals surface area contributed by atoms with Gasteiger partial charge in [-0.25, -0.2) is 8.42 Å². The number of hydrogen-bond donors (Lipinski definition) is 0. The summed E-state index contributed by atoms with van der Waals surface area (Å²) in [5, 5.41) is 0. The Kier molecular flexibility index (Phi) is 5.98. The van der Waals surface area contributed by atoms with Crippen molar-refractivity contribution in [3.63, 3.8) is 0 Å². The highest BCUT2D eigenvalue weighted by molar-refractivity contribution is 7.91. The molecule has 1 fully saturated rings. The van der Waals surface area contributed by atoms with Gasteiger partial charge in [-0.1, -0.05) is 35.9 Å². The summed E-state index contributed by atoms with van der Waals surface area (Å²) < 4.78 is 24.9. The smallest absolute Gasteiger partial charge is 0.224 e. The maximum atomic E-state index is 13.0. The molecule has 0 spiro atoms. The number of sulfone groups is 1. The van der Waals surface area contributed by atoms with Crippen molar-refractivity contribution >= 4 is 21.5 Å². The molecule has 1 heterocycles. The lowest BCUT2D eigenvalue weighted by molar-refractivity contribution is -0.130. The highest BCUT2D eigenvalue weighted by atomic mass is 32.2. The lowest BCUT2D eigenvalue weighted by Crippen LogP contribution is -2.41. The fourth-order valence-electron chi connectivity index (χ4n) is 3.63. The SMILES string of the molecule is Cc1ccc(C)c(C(=O)C2CCCN2C(=O)CCS(=O)(=O)c2ccccc2)c1. The predicted molar refractivity (Wildman–Crippen MR) is 108 cm³/mol. The Balaban J connectivity index is 1.71. The number of carbonyl (C=O) groups excluding carboxylic acids is 2. The molecule has 1 atom stereocenters. The van der Waals surface area contributed by atoms with Crippen molar-refractivity contribution in [2.24, 2.45) is 0 Å². The quantitative estimate of drug-likeness (QED) is 0.699. The van der Waals surface area contributed by atoms with Crippen molar-refractivity contribution < 1.29 is 18.0 Å². The number of carbonyl (C=O) groups is 2. The molecule has 0 aromatic heterocycles. The second-order valence-corrected chi connectivity index (χ2v) is 9.42. The van der Waals surface area contributed by atoms with E-state index in [1.165, 1.54) is 12.1 Å². The second kappa shape index (κ2) is 8.27. The maximum absolute atomic E-state index is 13.0. The van der Waals surface area contributed by atoms with Gasteiger partial charge in [-0.3, -0.25) is 9.59 Å². The Morgan fingerprint density at radius 1 is 1.07 bits per heavy atom. The molecule has 0 bridgehead atoms. The molecule has 2 aromatic rings. The van der Waals surface area contributed by atoms with Crippen LogP contribution in [0.4, 0.5) is 0 Å². The number of likely N-dealkylation sites (tertiary alicyclic amines) is 1. The van der Waals surface area contributed by atoms with Crippen molar-refractivity contribution in [1.29, 1.82) is 0 Å². The average Bonchev–Trinajstić information content (AvgIpc) is 3.18. The largest absolute Gasteiger partial charge is 0.332 e. The summed E-state index contributed by atoms with van der Waals surface area (Å²) in [5.74, 6) is -0.588. The minimum Gasteiger partial charge on any atom is -0.332 e. The van der Waals surface area contributed by atoms with Crippen LogP contribution in [0.3, 0.4) is 0 Å². The zero-order chi connectivity index (χ0) is 20.3. The maximum Gasteiger partial charge on any atom is 0.224 e. The highest BCUT2D eigenvalue weighted by Gasteiger charge is 2.35. The molecule has 0 N–H and O–H groups in total. The van der Waals surface area contributed by atoms with Gasteiger partial charge in [0.05, 0.1) is 16.7 Å². The summed E-state index contributed by atoms with van der Waals surface area (Å²) in [7, 11) is -3.52. The van der Waals surface area contributed by atoms with E-state index in [-0.39, 0.29) is 28.8 Å². The van der Waals surface area contributed by atoms with E-state index >= 15 is 0 Å². The molecule has 1 unspecified atom stereocenters. The molecule has 1 aliphatic heterocycles. The first kappa shape index (κ1) is 20.3. The summed E-state index contributed by atoms with van der Waals surface area (Å²) in [5.41, 5.74) is 2.53.